The van der Waals surface area contributed by atoms with Crippen LogP contribution >= 0.6 is 0 Å². The Balaban J connectivity index is 3.96. The van der Waals surface area contributed by atoms with E-state index in [4.69, 9.17) is 0 Å². The summed E-state index contributed by atoms with van der Waals surface area (Å²) >= 11 is 0. The van der Waals surface area contributed by atoms with Crippen LogP contribution in [0.25, 0.3) is 0 Å². The number of nitrogens with one attached hydrogen (secondary N) is 1. The van der Waals surface area contributed by atoms with Crippen LogP contribution in [-0.2, 0) is 4.79 Å². The van der Waals surface area contributed by atoms with E-state index in [0.717, 1.165) is 38.5 Å². The lowest BCUT2D eigenvalue weighted by atomic mass is 10.00. The molecule has 0 spiro atoms. The van der Waals surface area contributed by atoms with Crippen molar-refractivity contribution in [2.75, 3.05) is 6.61 Å². The number of allylic oxidation sites excluding steroid dienone is 6. The first-order chi connectivity index (χ1) is 21.0. The molecule has 0 saturated carbocycles. The van der Waals surface area contributed by atoms with Crippen LogP contribution in [0.4, 0.5) is 0 Å². The lowest BCUT2D eigenvalue weighted by Crippen LogP contribution is -2.53. The minimum Gasteiger partial charge on any atom is -0.394 e. The minimum atomic E-state index is -1.29. The standard InChI is InChI=1S/C37H69NO5/c1-3-5-7-9-11-13-15-17-18-19-21-22-24-26-28-30-34(40)36(42)33(32-39)38-37(43)35(41)31-29-27-25-23-20-16-14-12-10-8-6-4-2/h17-18,20,22-24,33-36,39-42H,3-16,19,21,25-32H2,1-2H3,(H,38,43)/b18-17+,23-20-,24-22+. The molecule has 43 heavy (non-hydrogen) atoms. The molecule has 6 nitrogen and oxygen atoms in total. The van der Waals surface area contributed by atoms with Gasteiger partial charge in [-0.2, -0.15) is 0 Å². The highest BCUT2D eigenvalue weighted by Gasteiger charge is 2.28. The second-order valence-electron chi connectivity index (χ2n) is 12.2. The summed E-state index contributed by atoms with van der Waals surface area (Å²) in [5.41, 5.74) is 0. The van der Waals surface area contributed by atoms with E-state index in [1.54, 1.807) is 0 Å². The first kappa shape index (κ1) is 41.5. The predicted molar refractivity (Wildman–Crippen MR) is 182 cm³/mol. The molecule has 5 N–H and O–H groups in total. The van der Waals surface area contributed by atoms with Gasteiger partial charge in [0.15, 0.2) is 0 Å². The molecule has 0 aliphatic heterocycles. The summed E-state index contributed by atoms with van der Waals surface area (Å²) in [5, 5.41) is 43.3. The van der Waals surface area contributed by atoms with Crippen LogP contribution in [0.1, 0.15) is 162 Å². The van der Waals surface area contributed by atoms with Crippen molar-refractivity contribution >= 4 is 5.91 Å². The number of rotatable bonds is 31. The highest BCUT2D eigenvalue weighted by Crippen LogP contribution is 2.12. The van der Waals surface area contributed by atoms with E-state index in [2.05, 4.69) is 55.6 Å². The van der Waals surface area contributed by atoms with Crippen molar-refractivity contribution in [3.8, 4) is 0 Å². The lowest BCUT2D eigenvalue weighted by Gasteiger charge is -2.27. The Bertz CT molecular complexity index is 692. The molecule has 0 aliphatic rings. The van der Waals surface area contributed by atoms with Gasteiger partial charge in [0.05, 0.1) is 18.8 Å². The van der Waals surface area contributed by atoms with Crippen molar-refractivity contribution in [1.82, 2.24) is 5.32 Å². The van der Waals surface area contributed by atoms with Gasteiger partial charge < -0.3 is 25.7 Å². The maximum absolute atomic E-state index is 12.4. The van der Waals surface area contributed by atoms with Crippen LogP contribution in [0.2, 0.25) is 0 Å². The smallest absolute Gasteiger partial charge is 0.249 e. The number of aliphatic hydroxyl groups excluding tert-OH is 4. The zero-order chi connectivity index (χ0) is 31.8. The number of carbonyl (C=O) groups excluding carboxylic acids is 1. The maximum atomic E-state index is 12.4. The van der Waals surface area contributed by atoms with Gasteiger partial charge in [-0.1, -0.05) is 121 Å². The molecule has 0 aromatic carbocycles. The molecule has 1 amide bonds. The first-order valence-electron chi connectivity index (χ1n) is 17.9. The third kappa shape index (κ3) is 26.6. The second kappa shape index (κ2) is 31.9. The molecule has 0 heterocycles. The Morgan fingerprint density at radius 1 is 0.558 bits per heavy atom. The summed E-state index contributed by atoms with van der Waals surface area (Å²) in [7, 11) is 0. The number of unbranched alkanes of at least 4 members (excludes halogenated alkanes) is 16. The fourth-order valence-electron chi connectivity index (χ4n) is 5.12. The van der Waals surface area contributed by atoms with Crippen molar-refractivity contribution in [3.05, 3.63) is 36.5 Å². The molecule has 0 saturated heterocycles. The van der Waals surface area contributed by atoms with Crippen molar-refractivity contribution < 1.29 is 25.2 Å². The van der Waals surface area contributed by atoms with Gasteiger partial charge in [-0.15, -0.1) is 0 Å². The summed E-state index contributed by atoms with van der Waals surface area (Å²) in [5.74, 6) is -0.618. The van der Waals surface area contributed by atoms with Crippen molar-refractivity contribution in [3.63, 3.8) is 0 Å². The van der Waals surface area contributed by atoms with Gasteiger partial charge in [0.2, 0.25) is 5.91 Å². The fourth-order valence-corrected chi connectivity index (χ4v) is 5.12. The van der Waals surface area contributed by atoms with E-state index < -0.39 is 36.9 Å². The van der Waals surface area contributed by atoms with Crippen LogP contribution in [0.15, 0.2) is 36.5 Å². The predicted octanol–water partition coefficient (Wildman–Crippen LogP) is 8.23. The molecule has 0 radical (unpaired) electrons. The summed E-state index contributed by atoms with van der Waals surface area (Å²) in [6.45, 7) is 3.97. The fraction of sp³-hybridized carbons (Fsp3) is 0.811. The summed E-state index contributed by atoms with van der Waals surface area (Å²) in [6, 6.07) is -1.01. The zero-order valence-electron chi connectivity index (χ0n) is 27.9. The number of amides is 1. The van der Waals surface area contributed by atoms with Gasteiger partial charge in [0, 0.05) is 0 Å². The average Bonchev–Trinajstić information content (AvgIpc) is 3.01. The first-order valence-corrected chi connectivity index (χ1v) is 17.9. The van der Waals surface area contributed by atoms with E-state index >= 15 is 0 Å². The topological polar surface area (TPSA) is 110 Å². The molecule has 0 aliphatic carbocycles. The molecule has 4 unspecified atom stereocenters. The maximum Gasteiger partial charge on any atom is 0.249 e. The van der Waals surface area contributed by atoms with Gasteiger partial charge in [-0.25, -0.2) is 0 Å². The normalized spacial score (nSPS) is 15.0. The van der Waals surface area contributed by atoms with Crippen molar-refractivity contribution in [2.24, 2.45) is 0 Å². The van der Waals surface area contributed by atoms with E-state index in [1.165, 1.54) is 83.5 Å². The van der Waals surface area contributed by atoms with Crippen molar-refractivity contribution in [2.45, 2.75) is 186 Å². The molecule has 4 atom stereocenters. The third-order valence-corrected chi connectivity index (χ3v) is 8.05. The monoisotopic (exact) mass is 608 g/mol. The Labute approximate surface area is 265 Å². The van der Waals surface area contributed by atoms with Gasteiger partial charge in [0.1, 0.15) is 12.2 Å². The van der Waals surface area contributed by atoms with E-state index in [0.29, 0.717) is 25.7 Å². The molecule has 0 fully saturated rings. The van der Waals surface area contributed by atoms with Crippen LogP contribution in [-0.4, -0.2) is 57.3 Å². The Kier molecular flexibility index (Phi) is 30.8. The summed E-state index contributed by atoms with van der Waals surface area (Å²) in [6.07, 6.45) is 34.5. The Hall–Kier alpha value is -1.47. The van der Waals surface area contributed by atoms with Crippen LogP contribution < -0.4 is 5.32 Å². The van der Waals surface area contributed by atoms with Crippen molar-refractivity contribution in [1.29, 1.82) is 0 Å². The second-order valence-corrected chi connectivity index (χ2v) is 12.2. The van der Waals surface area contributed by atoms with Crippen LogP contribution in [0.3, 0.4) is 0 Å². The highest BCUT2D eigenvalue weighted by atomic mass is 16.3. The van der Waals surface area contributed by atoms with E-state index in [9.17, 15) is 25.2 Å². The zero-order valence-corrected chi connectivity index (χ0v) is 27.9. The molecule has 252 valence electrons. The molecule has 0 aromatic rings. The third-order valence-electron chi connectivity index (χ3n) is 8.05. The molecule has 6 heteroatoms. The molecular formula is C37H69NO5. The number of carbonyl (C=O) groups is 1. The highest BCUT2D eigenvalue weighted by molar-refractivity contribution is 5.80. The Morgan fingerprint density at radius 2 is 0.977 bits per heavy atom. The minimum absolute atomic E-state index is 0.329. The molecule has 0 rings (SSSR count). The quantitative estimate of drug-likeness (QED) is 0.0403. The SMILES string of the molecule is CCCCCCCC/C=C\CCCCC(O)C(=O)NC(CO)C(O)C(O)CCC/C=C/CC/C=C/CCCCCCCC. The number of hydrogen-bond donors (Lipinski definition) is 5. The lowest BCUT2D eigenvalue weighted by molar-refractivity contribution is -0.132. The van der Waals surface area contributed by atoms with Gasteiger partial charge in [0.25, 0.3) is 0 Å². The summed E-state index contributed by atoms with van der Waals surface area (Å²) < 4.78 is 0. The van der Waals surface area contributed by atoms with E-state index in [-0.39, 0.29) is 0 Å². The van der Waals surface area contributed by atoms with Gasteiger partial charge in [-0.05, 0) is 77.0 Å². The molecule has 0 aromatic heterocycles. The van der Waals surface area contributed by atoms with Crippen LogP contribution in [0, 0.1) is 0 Å². The van der Waals surface area contributed by atoms with Gasteiger partial charge >= 0.3 is 0 Å². The number of hydrogen-bond acceptors (Lipinski definition) is 5. The average molecular weight is 608 g/mol. The summed E-state index contributed by atoms with van der Waals surface area (Å²) in [4.78, 5) is 12.4. The van der Waals surface area contributed by atoms with E-state index in [1.807, 2.05) is 0 Å². The number of aliphatic hydroxyl groups is 4. The largest absolute Gasteiger partial charge is 0.394 e. The molecule has 0 bridgehead atoms. The van der Waals surface area contributed by atoms with Crippen LogP contribution in [0.5, 0.6) is 0 Å². The van der Waals surface area contributed by atoms with Gasteiger partial charge in [-0.3, -0.25) is 4.79 Å². The molecular weight excluding hydrogens is 538 g/mol. The Morgan fingerprint density at radius 3 is 1.47 bits per heavy atom.